The third kappa shape index (κ3) is 4.60. The minimum Gasteiger partial charge on any atom is -0.392 e. The van der Waals surface area contributed by atoms with E-state index in [0.29, 0.717) is 19.6 Å². The lowest BCUT2D eigenvalue weighted by molar-refractivity contribution is -0.123. The molecule has 0 saturated carbocycles. The molecule has 2 heterocycles. The molecule has 1 unspecified atom stereocenters. The highest BCUT2D eigenvalue weighted by Gasteiger charge is 2.19. The van der Waals surface area contributed by atoms with Crippen LogP contribution in [0.2, 0.25) is 0 Å². The van der Waals surface area contributed by atoms with Gasteiger partial charge < -0.3 is 10.4 Å². The first-order valence-electron chi connectivity index (χ1n) is 7.87. The molecule has 1 amide bonds. The van der Waals surface area contributed by atoms with E-state index < -0.39 is 0 Å². The van der Waals surface area contributed by atoms with E-state index in [9.17, 15) is 9.90 Å². The molecule has 0 aliphatic carbocycles. The van der Waals surface area contributed by atoms with Gasteiger partial charge in [0.05, 0.1) is 24.9 Å². The zero-order valence-electron chi connectivity index (χ0n) is 12.9. The number of piperidine rings is 1. The average Bonchev–Trinajstić information content (AvgIpc) is 3.03. The molecule has 1 fully saturated rings. The lowest BCUT2D eigenvalue weighted by Gasteiger charge is -2.29. The second kappa shape index (κ2) is 7.68. The highest BCUT2D eigenvalue weighted by atomic mass is 32.1. The second-order valence-corrected chi connectivity index (χ2v) is 6.74. The second-order valence-electron chi connectivity index (χ2n) is 5.80. The van der Waals surface area contributed by atoms with Crippen LogP contribution in [0, 0.1) is 0 Å². The molecular weight excluding hydrogens is 310 g/mol. The topological polar surface area (TPSA) is 65.5 Å². The van der Waals surface area contributed by atoms with Crippen LogP contribution in [0.4, 0.5) is 0 Å². The number of carbonyl (C=O) groups is 1. The molecule has 6 heteroatoms. The van der Waals surface area contributed by atoms with Gasteiger partial charge in [0, 0.05) is 17.5 Å². The number of benzene rings is 1. The van der Waals surface area contributed by atoms with Crippen molar-refractivity contribution >= 4 is 17.2 Å². The fraction of sp³-hybridized carbons (Fsp3) is 0.412. The summed E-state index contributed by atoms with van der Waals surface area (Å²) in [6.45, 7) is 2.25. The fourth-order valence-electron chi connectivity index (χ4n) is 2.74. The van der Waals surface area contributed by atoms with E-state index in [1.807, 2.05) is 40.6 Å². The van der Waals surface area contributed by atoms with Crippen molar-refractivity contribution in [2.45, 2.75) is 25.5 Å². The average molecular weight is 331 g/mol. The lowest BCUT2D eigenvalue weighted by Crippen LogP contribution is -2.44. The summed E-state index contributed by atoms with van der Waals surface area (Å²) in [4.78, 5) is 18.6. The van der Waals surface area contributed by atoms with Gasteiger partial charge in [-0.3, -0.25) is 9.69 Å². The molecule has 5 nitrogen and oxygen atoms in total. The van der Waals surface area contributed by atoms with Gasteiger partial charge in [-0.15, -0.1) is 11.3 Å². The fourth-order valence-corrected chi connectivity index (χ4v) is 3.48. The SMILES string of the molecule is O=C(CN1CCCC(O)C1)NCc1nc(-c2ccccc2)cs1. The zero-order valence-corrected chi connectivity index (χ0v) is 13.8. The van der Waals surface area contributed by atoms with Crippen LogP contribution in [-0.2, 0) is 11.3 Å². The van der Waals surface area contributed by atoms with Gasteiger partial charge in [0.1, 0.15) is 5.01 Å². The molecule has 1 aliphatic heterocycles. The molecule has 1 saturated heterocycles. The Labute approximate surface area is 140 Å². The highest BCUT2D eigenvalue weighted by Crippen LogP contribution is 2.21. The van der Waals surface area contributed by atoms with Crippen molar-refractivity contribution in [3.63, 3.8) is 0 Å². The minimum absolute atomic E-state index is 0.0180. The van der Waals surface area contributed by atoms with Gasteiger partial charge in [0.25, 0.3) is 0 Å². The van der Waals surface area contributed by atoms with E-state index in [4.69, 9.17) is 0 Å². The maximum Gasteiger partial charge on any atom is 0.234 e. The summed E-state index contributed by atoms with van der Waals surface area (Å²) in [6, 6.07) is 10.0. The third-order valence-corrected chi connectivity index (χ3v) is 4.75. The predicted octanol–water partition coefficient (Wildman–Crippen LogP) is 1.88. The van der Waals surface area contributed by atoms with Gasteiger partial charge in [0.15, 0.2) is 0 Å². The number of hydrogen-bond acceptors (Lipinski definition) is 5. The Morgan fingerprint density at radius 3 is 3.00 bits per heavy atom. The Kier molecular flexibility index (Phi) is 5.38. The van der Waals surface area contributed by atoms with Crippen LogP contribution in [-0.4, -0.2) is 46.6 Å². The molecule has 1 aromatic heterocycles. The Morgan fingerprint density at radius 1 is 1.39 bits per heavy atom. The van der Waals surface area contributed by atoms with Gasteiger partial charge in [-0.05, 0) is 19.4 Å². The molecule has 122 valence electrons. The summed E-state index contributed by atoms with van der Waals surface area (Å²) in [5.41, 5.74) is 2.03. The maximum atomic E-state index is 12.0. The molecule has 0 bridgehead atoms. The standard InChI is InChI=1S/C17H21N3O2S/c21-14-7-4-8-20(10-14)11-16(22)18-9-17-19-15(12-23-17)13-5-2-1-3-6-13/h1-3,5-6,12,14,21H,4,7-11H2,(H,18,22). The molecule has 2 N–H and O–H groups in total. The van der Waals surface area contributed by atoms with Crippen LogP contribution in [0.25, 0.3) is 11.3 Å². The number of aliphatic hydroxyl groups is 1. The summed E-state index contributed by atoms with van der Waals surface area (Å²) in [5, 5.41) is 15.5. The Hall–Kier alpha value is -1.76. The summed E-state index contributed by atoms with van der Waals surface area (Å²) in [6.07, 6.45) is 1.48. The van der Waals surface area contributed by atoms with E-state index >= 15 is 0 Å². The summed E-state index contributed by atoms with van der Waals surface area (Å²) in [5.74, 6) is -0.0180. The van der Waals surface area contributed by atoms with E-state index in [2.05, 4.69) is 10.3 Å². The van der Waals surface area contributed by atoms with Crippen molar-refractivity contribution in [1.82, 2.24) is 15.2 Å². The van der Waals surface area contributed by atoms with Crippen molar-refractivity contribution in [1.29, 1.82) is 0 Å². The van der Waals surface area contributed by atoms with Crippen LogP contribution in [0.5, 0.6) is 0 Å². The molecule has 1 aliphatic rings. The van der Waals surface area contributed by atoms with Gasteiger partial charge in [0.2, 0.25) is 5.91 Å². The van der Waals surface area contributed by atoms with E-state index in [0.717, 1.165) is 35.7 Å². The normalized spacial score (nSPS) is 18.7. The molecule has 2 aromatic rings. The number of hydrogen-bond donors (Lipinski definition) is 2. The van der Waals surface area contributed by atoms with Crippen molar-refractivity contribution in [2.75, 3.05) is 19.6 Å². The number of rotatable bonds is 5. The Morgan fingerprint density at radius 2 is 2.22 bits per heavy atom. The number of nitrogens with zero attached hydrogens (tertiary/aromatic N) is 2. The first-order valence-corrected chi connectivity index (χ1v) is 8.75. The first kappa shape index (κ1) is 16.1. The quantitative estimate of drug-likeness (QED) is 0.878. The van der Waals surface area contributed by atoms with Gasteiger partial charge in [-0.2, -0.15) is 0 Å². The Bertz CT molecular complexity index is 644. The van der Waals surface area contributed by atoms with Gasteiger partial charge in [-0.25, -0.2) is 4.98 Å². The number of β-amino-alcohol motifs (C(OH)–C–C–N with tert-alkyl or cyclic N) is 1. The molecule has 3 rings (SSSR count). The number of likely N-dealkylation sites (tertiary alicyclic amines) is 1. The largest absolute Gasteiger partial charge is 0.392 e. The summed E-state index contributed by atoms with van der Waals surface area (Å²) >= 11 is 1.55. The van der Waals surface area contributed by atoms with Crippen molar-refractivity contribution in [2.24, 2.45) is 0 Å². The monoisotopic (exact) mass is 331 g/mol. The molecule has 1 atom stereocenters. The number of amides is 1. The van der Waals surface area contributed by atoms with Gasteiger partial charge >= 0.3 is 0 Å². The molecule has 23 heavy (non-hydrogen) atoms. The molecule has 1 aromatic carbocycles. The zero-order chi connectivity index (χ0) is 16.1. The van der Waals surface area contributed by atoms with Crippen LogP contribution >= 0.6 is 11.3 Å². The smallest absolute Gasteiger partial charge is 0.234 e. The predicted molar refractivity (Wildman–Crippen MR) is 91.1 cm³/mol. The Balaban J connectivity index is 1.48. The van der Waals surface area contributed by atoms with E-state index in [-0.39, 0.29) is 12.0 Å². The molecule has 0 radical (unpaired) electrons. The first-order chi connectivity index (χ1) is 11.2. The number of aromatic nitrogens is 1. The number of nitrogens with one attached hydrogen (secondary N) is 1. The van der Waals surface area contributed by atoms with E-state index in [1.165, 1.54) is 0 Å². The number of aliphatic hydroxyl groups excluding tert-OH is 1. The minimum atomic E-state index is -0.302. The third-order valence-electron chi connectivity index (χ3n) is 3.91. The lowest BCUT2D eigenvalue weighted by atomic mass is 10.1. The van der Waals surface area contributed by atoms with Crippen LogP contribution in [0.15, 0.2) is 35.7 Å². The van der Waals surface area contributed by atoms with Crippen molar-refractivity contribution in [3.8, 4) is 11.3 Å². The van der Waals surface area contributed by atoms with Gasteiger partial charge in [-0.1, -0.05) is 30.3 Å². The molecular formula is C17H21N3O2S. The maximum absolute atomic E-state index is 12.0. The summed E-state index contributed by atoms with van der Waals surface area (Å²) in [7, 11) is 0. The van der Waals surface area contributed by atoms with Crippen LogP contribution in [0.3, 0.4) is 0 Å². The van der Waals surface area contributed by atoms with Crippen LogP contribution < -0.4 is 5.32 Å². The number of carbonyl (C=O) groups excluding carboxylic acids is 1. The number of thiazole rings is 1. The molecule has 0 spiro atoms. The highest BCUT2D eigenvalue weighted by molar-refractivity contribution is 7.09. The van der Waals surface area contributed by atoms with Crippen molar-refractivity contribution in [3.05, 3.63) is 40.7 Å². The van der Waals surface area contributed by atoms with E-state index in [1.54, 1.807) is 11.3 Å². The van der Waals surface area contributed by atoms with Crippen LogP contribution in [0.1, 0.15) is 17.8 Å². The van der Waals surface area contributed by atoms with Crippen molar-refractivity contribution < 1.29 is 9.90 Å². The summed E-state index contributed by atoms with van der Waals surface area (Å²) < 4.78 is 0.